The first-order chi connectivity index (χ1) is 7.86. The Morgan fingerprint density at radius 3 is 2.53 bits per heavy atom. The highest BCUT2D eigenvalue weighted by Crippen LogP contribution is 2.18. The molecule has 17 heavy (non-hydrogen) atoms. The third-order valence-electron chi connectivity index (χ3n) is 2.13. The fourth-order valence-corrected chi connectivity index (χ4v) is 1.07. The first-order valence-electron chi connectivity index (χ1n) is 5.21. The molecule has 5 heteroatoms. The van der Waals surface area contributed by atoms with E-state index in [9.17, 15) is 9.59 Å². The van der Waals surface area contributed by atoms with Crippen molar-refractivity contribution in [3.8, 4) is 0 Å². The van der Waals surface area contributed by atoms with Crippen LogP contribution in [0.2, 0.25) is 0 Å². The van der Waals surface area contributed by atoms with E-state index in [1.807, 2.05) is 0 Å². The molecule has 0 spiro atoms. The molecule has 0 radical (unpaired) electrons. The highest BCUT2D eigenvalue weighted by molar-refractivity contribution is 6.01. The molecule has 1 heterocycles. The molecule has 1 aromatic heterocycles. The molecule has 0 bridgehead atoms. The van der Waals surface area contributed by atoms with E-state index in [4.69, 9.17) is 0 Å². The predicted molar refractivity (Wildman–Crippen MR) is 63.7 cm³/mol. The van der Waals surface area contributed by atoms with Gasteiger partial charge in [0.1, 0.15) is 11.4 Å². The third kappa shape index (κ3) is 3.27. The molecule has 0 saturated heterocycles. The fourth-order valence-electron chi connectivity index (χ4n) is 1.07. The van der Waals surface area contributed by atoms with Crippen molar-refractivity contribution in [2.45, 2.75) is 20.8 Å². The van der Waals surface area contributed by atoms with Crippen molar-refractivity contribution < 1.29 is 14.3 Å². The van der Waals surface area contributed by atoms with Gasteiger partial charge in [-0.2, -0.15) is 0 Å². The number of hydrogen-bond donors (Lipinski definition) is 1. The molecular weight excluding hydrogens is 220 g/mol. The van der Waals surface area contributed by atoms with E-state index in [2.05, 4.69) is 15.0 Å². The quantitative estimate of drug-likeness (QED) is 0.796. The topological polar surface area (TPSA) is 68.3 Å². The van der Waals surface area contributed by atoms with Gasteiger partial charge < -0.3 is 10.1 Å². The Morgan fingerprint density at radius 2 is 2.00 bits per heavy atom. The van der Waals surface area contributed by atoms with Gasteiger partial charge in [0.25, 0.3) is 0 Å². The summed E-state index contributed by atoms with van der Waals surface area (Å²) in [5.41, 5.74) is -0.308. The van der Waals surface area contributed by atoms with Gasteiger partial charge in [-0.15, -0.1) is 0 Å². The Kier molecular flexibility index (Phi) is 3.83. The van der Waals surface area contributed by atoms with Crippen molar-refractivity contribution in [1.29, 1.82) is 0 Å². The van der Waals surface area contributed by atoms with Crippen LogP contribution in [0, 0.1) is 5.41 Å². The summed E-state index contributed by atoms with van der Waals surface area (Å²) in [6.45, 7) is 5.34. The number of amides is 1. The molecule has 0 unspecified atom stereocenters. The van der Waals surface area contributed by atoms with Crippen LogP contribution >= 0.6 is 0 Å². The van der Waals surface area contributed by atoms with E-state index < -0.39 is 11.4 Å². The SMILES string of the molecule is COC(=O)c1cccnc1NC(=O)C(C)(C)C. The van der Waals surface area contributed by atoms with Crippen molar-refractivity contribution in [1.82, 2.24) is 4.98 Å². The van der Waals surface area contributed by atoms with Gasteiger partial charge in [-0.05, 0) is 12.1 Å². The fraction of sp³-hybridized carbons (Fsp3) is 0.417. The molecule has 92 valence electrons. The van der Waals surface area contributed by atoms with Crippen LogP contribution in [-0.2, 0) is 9.53 Å². The second-order valence-corrected chi connectivity index (χ2v) is 4.60. The van der Waals surface area contributed by atoms with E-state index >= 15 is 0 Å². The Bertz CT molecular complexity index is 436. The second-order valence-electron chi connectivity index (χ2n) is 4.60. The highest BCUT2D eigenvalue weighted by Gasteiger charge is 2.23. The van der Waals surface area contributed by atoms with Gasteiger partial charge in [0.15, 0.2) is 0 Å². The minimum absolute atomic E-state index is 0.207. The molecule has 0 atom stereocenters. The van der Waals surface area contributed by atoms with Crippen molar-refractivity contribution >= 4 is 17.7 Å². The Balaban J connectivity index is 2.99. The van der Waals surface area contributed by atoms with E-state index in [1.54, 1.807) is 32.9 Å². The van der Waals surface area contributed by atoms with Gasteiger partial charge in [-0.3, -0.25) is 4.79 Å². The van der Waals surface area contributed by atoms with Crippen molar-refractivity contribution in [3.63, 3.8) is 0 Å². The second kappa shape index (κ2) is 4.95. The number of carbonyl (C=O) groups is 2. The van der Waals surface area contributed by atoms with Gasteiger partial charge in [0.2, 0.25) is 5.91 Å². The number of rotatable bonds is 2. The predicted octanol–water partition coefficient (Wildman–Crippen LogP) is 1.85. The minimum Gasteiger partial charge on any atom is -0.465 e. The zero-order valence-corrected chi connectivity index (χ0v) is 10.4. The molecule has 0 aliphatic rings. The number of nitrogens with zero attached hydrogens (tertiary/aromatic N) is 1. The smallest absolute Gasteiger partial charge is 0.341 e. The van der Waals surface area contributed by atoms with Gasteiger partial charge in [-0.1, -0.05) is 20.8 Å². The van der Waals surface area contributed by atoms with Crippen LogP contribution in [0.1, 0.15) is 31.1 Å². The molecule has 1 amide bonds. The summed E-state index contributed by atoms with van der Waals surface area (Å²) in [4.78, 5) is 27.2. The first kappa shape index (κ1) is 13.2. The largest absolute Gasteiger partial charge is 0.465 e. The molecule has 1 aromatic rings. The van der Waals surface area contributed by atoms with Crippen molar-refractivity contribution in [3.05, 3.63) is 23.9 Å². The van der Waals surface area contributed by atoms with Gasteiger partial charge in [0.05, 0.1) is 7.11 Å². The summed E-state index contributed by atoms with van der Waals surface area (Å²) in [6, 6.07) is 3.16. The van der Waals surface area contributed by atoms with Crippen LogP contribution in [0.15, 0.2) is 18.3 Å². The molecular formula is C12H16N2O3. The highest BCUT2D eigenvalue weighted by atomic mass is 16.5. The Labute approximate surface area is 100 Å². The molecule has 0 fully saturated rings. The van der Waals surface area contributed by atoms with Crippen LogP contribution in [0.5, 0.6) is 0 Å². The van der Waals surface area contributed by atoms with Crippen LogP contribution in [-0.4, -0.2) is 24.0 Å². The number of ether oxygens (including phenoxy) is 1. The number of anilines is 1. The molecule has 1 rings (SSSR count). The zero-order chi connectivity index (χ0) is 13.1. The first-order valence-corrected chi connectivity index (χ1v) is 5.21. The number of hydrogen-bond acceptors (Lipinski definition) is 4. The van der Waals surface area contributed by atoms with Crippen LogP contribution in [0.3, 0.4) is 0 Å². The average Bonchev–Trinajstić information content (AvgIpc) is 2.27. The lowest BCUT2D eigenvalue weighted by Gasteiger charge is -2.18. The maximum atomic E-state index is 11.8. The average molecular weight is 236 g/mol. The number of methoxy groups -OCH3 is 1. The lowest BCUT2D eigenvalue weighted by atomic mass is 9.95. The monoisotopic (exact) mass is 236 g/mol. The van der Waals surface area contributed by atoms with E-state index in [0.29, 0.717) is 0 Å². The molecule has 0 saturated carbocycles. The number of aromatic nitrogens is 1. The van der Waals surface area contributed by atoms with Crippen LogP contribution in [0.25, 0.3) is 0 Å². The number of esters is 1. The van der Waals surface area contributed by atoms with Crippen molar-refractivity contribution in [2.75, 3.05) is 12.4 Å². The Morgan fingerprint density at radius 1 is 1.35 bits per heavy atom. The van der Waals surface area contributed by atoms with Gasteiger partial charge in [0, 0.05) is 11.6 Å². The minimum atomic E-state index is -0.551. The van der Waals surface area contributed by atoms with E-state index in [0.717, 1.165) is 0 Å². The maximum absolute atomic E-state index is 11.8. The molecule has 0 aromatic carbocycles. The van der Waals surface area contributed by atoms with Crippen LogP contribution in [0.4, 0.5) is 5.82 Å². The molecule has 1 N–H and O–H groups in total. The normalized spacial score (nSPS) is 10.8. The maximum Gasteiger partial charge on any atom is 0.341 e. The summed E-state index contributed by atoms with van der Waals surface area (Å²) in [7, 11) is 1.28. The summed E-state index contributed by atoms with van der Waals surface area (Å²) in [6.07, 6.45) is 1.50. The number of pyridine rings is 1. The number of carbonyl (C=O) groups excluding carboxylic acids is 2. The van der Waals surface area contributed by atoms with Crippen LogP contribution < -0.4 is 5.32 Å². The van der Waals surface area contributed by atoms with Gasteiger partial charge >= 0.3 is 5.97 Å². The standard InChI is InChI=1S/C12H16N2O3/c1-12(2,3)11(16)14-9-8(10(15)17-4)6-5-7-13-9/h5-7H,1-4H3,(H,13,14,16). The summed E-state index contributed by atoms with van der Waals surface area (Å²) in [5.74, 6) is -0.511. The lowest BCUT2D eigenvalue weighted by Crippen LogP contribution is -2.29. The molecule has 0 aliphatic carbocycles. The lowest BCUT2D eigenvalue weighted by molar-refractivity contribution is -0.123. The van der Waals surface area contributed by atoms with E-state index in [-0.39, 0.29) is 17.3 Å². The Hall–Kier alpha value is -1.91. The summed E-state index contributed by atoms with van der Waals surface area (Å²) in [5, 5.41) is 2.61. The van der Waals surface area contributed by atoms with Crippen molar-refractivity contribution in [2.24, 2.45) is 5.41 Å². The molecule has 5 nitrogen and oxygen atoms in total. The summed E-state index contributed by atoms with van der Waals surface area (Å²) < 4.78 is 4.61. The van der Waals surface area contributed by atoms with Gasteiger partial charge in [-0.25, -0.2) is 9.78 Å². The summed E-state index contributed by atoms with van der Waals surface area (Å²) >= 11 is 0. The molecule has 0 aliphatic heterocycles. The third-order valence-corrected chi connectivity index (χ3v) is 2.13. The number of nitrogens with one attached hydrogen (secondary N) is 1. The zero-order valence-electron chi connectivity index (χ0n) is 10.4. The van der Waals surface area contributed by atoms with E-state index in [1.165, 1.54) is 13.3 Å².